The van der Waals surface area contributed by atoms with Crippen molar-refractivity contribution in [3.63, 3.8) is 0 Å². The van der Waals surface area contributed by atoms with E-state index in [-0.39, 0.29) is 24.0 Å². The molecule has 0 heterocycles. The van der Waals surface area contributed by atoms with E-state index in [4.69, 9.17) is 19.9 Å². The van der Waals surface area contributed by atoms with Gasteiger partial charge in [0.2, 0.25) is 0 Å². The number of benzene rings is 1. The van der Waals surface area contributed by atoms with Gasteiger partial charge < -0.3 is 25.3 Å². The summed E-state index contributed by atoms with van der Waals surface area (Å²) in [5.74, 6) is 2.52. The number of guanidine groups is 1. The zero-order valence-corrected chi connectivity index (χ0v) is 16.5. The van der Waals surface area contributed by atoms with Crippen LogP contribution in [0.4, 0.5) is 0 Å². The highest BCUT2D eigenvalue weighted by Crippen LogP contribution is 2.34. The minimum atomic E-state index is 0. The van der Waals surface area contributed by atoms with Gasteiger partial charge in [-0.15, -0.1) is 24.0 Å². The summed E-state index contributed by atoms with van der Waals surface area (Å²) < 4.78 is 16.0. The highest BCUT2D eigenvalue weighted by atomic mass is 127. The summed E-state index contributed by atoms with van der Waals surface area (Å²) in [5.41, 5.74) is 7.70. The van der Waals surface area contributed by atoms with Crippen molar-refractivity contribution in [2.45, 2.75) is 13.3 Å². The fourth-order valence-electron chi connectivity index (χ4n) is 1.92. The van der Waals surface area contributed by atoms with Gasteiger partial charge in [0.25, 0.3) is 0 Å². The number of nitrogens with one attached hydrogen (secondary N) is 1. The second-order valence-electron chi connectivity index (χ2n) is 4.85. The third-order valence-corrected chi connectivity index (χ3v) is 3.02. The summed E-state index contributed by atoms with van der Waals surface area (Å²) in [6.07, 6.45) is 0.680. The Labute approximate surface area is 155 Å². The van der Waals surface area contributed by atoms with Gasteiger partial charge >= 0.3 is 0 Å². The summed E-state index contributed by atoms with van der Waals surface area (Å²) in [4.78, 5) is 4.17. The minimum absolute atomic E-state index is 0. The van der Waals surface area contributed by atoms with E-state index in [1.54, 1.807) is 21.3 Å². The maximum atomic E-state index is 5.79. The Morgan fingerprint density at radius 2 is 1.74 bits per heavy atom. The Bertz CT molecular complexity index is 522. The van der Waals surface area contributed by atoms with Crippen LogP contribution in [0.15, 0.2) is 29.3 Å². The monoisotopic (exact) mass is 435 g/mol. The van der Waals surface area contributed by atoms with Crippen molar-refractivity contribution in [2.24, 2.45) is 10.7 Å². The van der Waals surface area contributed by atoms with Crippen LogP contribution in [0.5, 0.6) is 17.2 Å². The molecule has 0 amide bonds. The first-order valence-electron chi connectivity index (χ1n) is 6.98. The molecular weight excluding hydrogens is 409 g/mol. The molecule has 23 heavy (non-hydrogen) atoms. The summed E-state index contributed by atoms with van der Waals surface area (Å²) in [6, 6.07) is 3.66. The van der Waals surface area contributed by atoms with Crippen LogP contribution < -0.4 is 25.3 Å². The van der Waals surface area contributed by atoms with Gasteiger partial charge in [0.05, 0.1) is 27.9 Å². The molecule has 1 aromatic carbocycles. The number of aliphatic imine (C=N–C) groups is 1. The molecule has 0 fully saturated rings. The van der Waals surface area contributed by atoms with Crippen LogP contribution in [-0.2, 0) is 6.42 Å². The number of ether oxygens (including phenoxy) is 3. The maximum absolute atomic E-state index is 5.79. The standard InChI is InChI=1S/C16H25N3O3.HI/c1-11(2)10-19-16(17)18-7-6-13-14(21-4)8-12(20-3)9-15(13)22-5;/h8-9H,1,6-7,10H2,2-5H3,(H3,17,18,19);1H. The first kappa shape index (κ1) is 21.4. The number of hydrogen-bond donors (Lipinski definition) is 2. The second kappa shape index (κ2) is 11.0. The molecule has 0 saturated carbocycles. The first-order valence-corrected chi connectivity index (χ1v) is 6.98. The van der Waals surface area contributed by atoms with E-state index < -0.39 is 0 Å². The van der Waals surface area contributed by atoms with Gasteiger partial charge in [0, 0.05) is 24.2 Å². The molecule has 6 nitrogen and oxygen atoms in total. The lowest BCUT2D eigenvalue weighted by Crippen LogP contribution is -2.33. The van der Waals surface area contributed by atoms with Crippen LogP contribution in [0.25, 0.3) is 0 Å². The van der Waals surface area contributed by atoms with Crippen molar-refractivity contribution in [3.8, 4) is 17.2 Å². The smallest absolute Gasteiger partial charge is 0.188 e. The van der Waals surface area contributed by atoms with Crippen LogP contribution in [0.1, 0.15) is 12.5 Å². The van der Waals surface area contributed by atoms with E-state index in [0.29, 0.717) is 31.2 Å². The number of methoxy groups -OCH3 is 3. The number of hydrogen-bond acceptors (Lipinski definition) is 4. The van der Waals surface area contributed by atoms with Gasteiger partial charge in [-0.25, -0.2) is 4.99 Å². The molecule has 0 aromatic heterocycles. The van der Waals surface area contributed by atoms with Gasteiger partial charge in [-0.05, 0) is 13.3 Å². The molecule has 0 aliphatic carbocycles. The average molecular weight is 435 g/mol. The molecule has 0 spiro atoms. The fraction of sp³-hybridized carbons (Fsp3) is 0.438. The van der Waals surface area contributed by atoms with Crippen LogP contribution in [0.2, 0.25) is 0 Å². The van der Waals surface area contributed by atoms with E-state index in [9.17, 15) is 0 Å². The molecule has 0 aliphatic heterocycles. The molecule has 0 unspecified atom stereocenters. The van der Waals surface area contributed by atoms with Crippen molar-refractivity contribution < 1.29 is 14.2 Å². The zero-order valence-electron chi connectivity index (χ0n) is 14.1. The van der Waals surface area contributed by atoms with E-state index in [1.807, 2.05) is 19.1 Å². The van der Waals surface area contributed by atoms with E-state index in [2.05, 4.69) is 16.9 Å². The molecule has 0 atom stereocenters. The van der Waals surface area contributed by atoms with Gasteiger partial charge in [-0.3, -0.25) is 0 Å². The molecule has 0 bridgehead atoms. The van der Waals surface area contributed by atoms with Crippen molar-refractivity contribution in [1.82, 2.24) is 5.32 Å². The maximum Gasteiger partial charge on any atom is 0.188 e. The highest BCUT2D eigenvalue weighted by molar-refractivity contribution is 14.0. The van der Waals surface area contributed by atoms with Crippen molar-refractivity contribution in [1.29, 1.82) is 0 Å². The topological polar surface area (TPSA) is 78.1 Å². The van der Waals surface area contributed by atoms with Crippen LogP contribution in [-0.4, -0.2) is 40.4 Å². The van der Waals surface area contributed by atoms with Crippen LogP contribution in [0.3, 0.4) is 0 Å². The second-order valence-corrected chi connectivity index (χ2v) is 4.85. The summed E-state index contributed by atoms with van der Waals surface area (Å²) in [5, 5.41) is 3.06. The van der Waals surface area contributed by atoms with Crippen molar-refractivity contribution in [3.05, 3.63) is 29.8 Å². The molecule has 1 rings (SSSR count). The highest BCUT2D eigenvalue weighted by Gasteiger charge is 2.12. The first-order chi connectivity index (χ1) is 10.5. The summed E-state index contributed by atoms with van der Waals surface area (Å²) >= 11 is 0. The third kappa shape index (κ3) is 6.98. The molecule has 0 saturated heterocycles. The minimum Gasteiger partial charge on any atom is -0.496 e. The third-order valence-electron chi connectivity index (χ3n) is 3.02. The number of rotatable bonds is 8. The van der Waals surface area contributed by atoms with Crippen molar-refractivity contribution >= 4 is 29.9 Å². The number of halogens is 1. The Morgan fingerprint density at radius 3 is 2.17 bits per heavy atom. The summed E-state index contributed by atoms with van der Waals surface area (Å²) in [7, 11) is 4.84. The van der Waals surface area contributed by atoms with Crippen LogP contribution >= 0.6 is 24.0 Å². The van der Waals surface area contributed by atoms with Gasteiger partial charge in [0.1, 0.15) is 17.2 Å². The largest absolute Gasteiger partial charge is 0.496 e. The molecule has 1 aromatic rings. The Hall–Kier alpha value is -1.64. The molecule has 130 valence electrons. The van der Waals surface area contributed by atoms with Crippen molar-refractivity contribution in [2.75, 3.05) is 34.4 Å². The Kier molecular flexibility index (Phi) is 10.2. The predicted octanol–water partition coefficient (Wildman–Crippen LogP) is 2.35. The molecule has 0 radical (unpaired) electrons. The summed E-state index contributed by atoms with van der Waals surface area (Å²) in [6.45, 7) is 6.83. The fourth-order valence-corrected chi connectivity index (χ4v) is 1.92. The Morgan fingerprint density at radius 1 is 1.17 bits per heavy atom. The lowest BCUT2D eigenvalue weighted by atomic mass is 10.1. The number of nitrogens with two attached hydrogens (primary N) is 1. The Balaban J connectivity index is 0.00000484. The lowest BCUT2D eigenvalue weighted by Gasteiger charge is -2.15. The van der Waals surface area contributed by atoms with E-state index in [0.717, 1.165) is 22.6 Å². The van der Waals surface area contributed by atoms with E-state index in [1.165, 1.54) is 0 Å². The predicted molar refractivity (Wildman–Crippen MR) is 105 cm³/mol. The van der Waals surface area contributed by atoms with Gasteiger partial charge in [0.15, 0.2) is 5.96 Å². The molecule has 3 N–H and O–H groups in total. The average Bonchev–Trinajstić information content (AvgIpc) is 2.52. The lowest BCUT2D eigenvalue weighted by molar-refractivity contribution is 0.368. The normalized spacial score (nSPS) is 10.5. The molecule has 0 aliphatic rings. The van der Waals surface area contributed by atoms with E-state index >= 15 is 0 Å². The quantitative estimate of drug-likeness (QED) is 0.284. The molecular formula is C16H26IN3O3. The molecule has 7 heteroatoms. The zero-order chi connectivity index (χ0) is 16.5. The van der Waals surface area contributed by atoms with Gasteiger partial charge in [-0.1, -0.05) is 12.2 Å². The number of nitrogens with zero attached hydrogens (tertiary/aromatic N) is 1. The SMILES string of the molecule is C=C(C)CN=C(N)NCCc1c(OC)cc(OC)cc1OC.I. The van der Waals surface area contributed by atoms with Crippen LogP contribution in [0, 0.1) is 0 Å². The van der Waals surface area contributed by atoms with Gasteiger partial charge in [-0.2, -0.15) is 0 Å².